The van der Waals surface area contributed by atoms with Crippen molar-refractivity contribution in [2.75, 3.05) is 19.7 Å². The fraction of sp³-hybridized carbons (Fsp3) is 0.938. The van der Waals surface area contributed by atoms with E-state index in [9.17, 15) is 9.90 Å². The van der Waals surface area contributed by atoms with Crippen molar-refractivity contribution < 1.29 is 14.6 Å². The molecule has 0 aliphatic heterocycles. The van der Waals surface area contributed by atoms with Crippen LogP contribution in [-0.4, -0.2) is 42.5 Å². The number of hydrogen-bond acceptors (Lipinski definition) is 4. The zero-order valence-corrected chi connectivity index (χ0v) is 14.6. The first-order chi connectivity index (χ1) is 9.68. The van der Waals surface area contributed by atoms with Crippen molar-refractivity contribution in [3.8, 4) is 0 Å². The summed E-state index contributed by atoms with van der Waals surface area (Å²) in [6.07, 6.45) is 2.37. The number of amides is 1. The van der Waals surface area contributed by atoms with Crippen LogP contribution in [0.5, 0.6) is 0 Å². The molecule has 21 heavy (non-hydrogen) atoms. The molecule has 1 unspecified atom stereocenters. The highest BCUT2D eigenvalue weighted by Gasteiger charge is 2.24. The molecule has 5 heteroatoms. The van der Waals surface area contributed by atoms with Crippen LogP contribution in [0.15, 0.2) is 0 Å². The normalized spacial score (nSPS) is 13.9. The van der Waals surface area contributed by atoms with Crippen LogP contribution in [-0.2, 0) is 4.74 Å². The van der Waals surface area contributed by atoms with Crippen LogP contribution in [0.3, 0.4) is 0 Å². The Morgan fingerprint density at radius 2 is 1.81 bits per heavy atom. The highest BCUT2D eigenvalue weighted by molar-refractivity contribution is 5.67. The molecule has 0 spiro atoms. The Hall–Kier alpha value is -0.810. The van der Waals surface area contributed by atoms with Gasteiger partial charge in [-0.05, 0) is 53.5 Å². The summed E-state index contributed by atoms with van der Waals surface area (Å²) in [4.78, 5) is 11.6. The monoisotopic (exact) mass is 302 g/mol. The van der Waals surface area contributed by atoms with Gasteiger partial charge in [0.25, 0.3) is 0 Å². The number of aliphatic hydroxyl groups is 1. The van der Waals surface area contributed by atoms with E-state index in [0.29, 0.717) is 0 Å². The van der Waals surface area contributed by atoms with E-state index in [4.69, 9.17) is 4.74 Å². The van der Waals surface area contributed by atoms with Crippen LogP contribution < -0.4 is 10.6 Å². The van der Waals surface area contributed by atoms with Crippen LogP contribution >= 0.6 is 0 Å². The van der Waals surface area contributed by atoms with Crippen molar-refractivity contribution in [1.82, 2.24) is 10.6 Å². The molecule has 0 aliphatic carbocycles. The van der Waals surface area contributed by atoms with Gasteiger partial charge in [0.05, 0.1) is 0 Å². The number of alkyl carbamates (subject to hydrolysis) is 1. The molecule has 0 aromatic rings. The zero-order chi connectivity index (χ0) is 16.5. The third kappa shape index (κ3) is 8.94. The number of nitrogens with one attached hydrogen (secondary N) is 2. The lowest BCUT2D eigenvalue weighted by Crippen LogP contribution is -2.41. The predicted octanol–water partition coefficient (Wildman–Crippen LogP) is 2.68. The average molecular weight is 302 g/mol. The SMILES string of the molecule is CCC(CC)(CO)CNCCC(C)NC(=O)OC(C)(C)C. The van der Waals surface area contributed by atoms with Gasteiger partial charge in [-0.2, -0.15) is 0 Å². The van der Waals surface area contributed by atoms with E-state index in [1.807, 2.05) is 27.7 Å². The Balaban J connectivity index is 3.94. The number of hydrogen-bond donors (Lipinski definition) is 3. The molecule has 0 heterocycles. The molecule has 0 rings (SSSR count). The van der Waals surface area contributed by atoms with Gasteiger partial charge in [-0.25, -0.2) is 4.79 Å². The second-order valence-electron chi connectivity index (χ2n) is 6.88. The zero-order valence-electron chi connectivity index (χ0n) is 14.6. The fourth-order valence-electron chi connectivity index (χ4n) is 2.03. The van der Waals surface area contributed by atoms with Crippen molar-refractivity contribution in [1.29, 1.82) is 0 Å². The van der Waals surface area contributed by atoms with Gasteiger partial charge in [-0.15, -0.1) is 0 Å². The van der Waals surface area contributed by atoms with E-state index < -0.39 is 5.60 Å². The van der Waals surface area contributed by atoms with Crippen LogP contribution in [0, 0.1) is 5.41 Å². The summed E-state index contributed by atoms with van der Waals surface area (Å²) in [5.74, 6) is 0. The molecule has 1 amide bonds. The molecule has 0 saturated carbocycles. The van der Waals surface area contributed by atoms with Gasteiger partial charge in [0.15, 0.2) is 0 Å². The van der Waals surface area contributed by atoms with E-state index in [1.54, 1.807) is 0 Å². The minimum Gasteiger partial charge on any atom is -0.444 e. The molecule has 0 aromatic heterocycles. The van der Waals surface area contributed by atoms with Crippen LogP contribution in [0.2, 0.25) is 0 Å². The van der Waals surface area contributed by atoms with Gasteiger partial charge in [0, 0.05) is 24.6 Å². The molecule has 0 radical (unpaired) electrons. The highest BCUT2D eigenvalue weighted by Crippen LogP contribution is 2.24. The van der Waals surface area contributed by atoms with E-state index in [2.05, 4.69) is 24.5 Å². The first-order valence-corrected chi connectivity index (χ1v) is 7.99. The summed E-state index contributed by atoms with van der Waals surface area (Å²) in [6.45, 7) is 13.5. The summed E-state index contributed by atoms with van der Waals surface area (Å²) in [5.41, 5.74) is -0.493. The topological polar surface area (TPSA) is 70.6 Å². The number of rotatable bonds is 9. The summed E-state index contributed by atoms with van der Waals surface area (Å²) in [6, 6.07) is 0.0547. The third-order valence-corrected chi connectivity index (χ3v) is 3.85. The van der Waals surface area contributed by atoms with Crippen LogP contribution in [0.25, 0.3) is 0 Å². The van der Waals surface area contributed by atoms with Gasteiger partial charge < -0.3 is 20.5 Å². The van der Waals surface area contributed by atoms with Crippen LogP contribution in [0.1, 0.15) is 60.8 Å². The average Bonchev–Trinajstić information content (AvgIpc) is 2.37. The molecule has 5 nitrogen and oxygen atoms in total. The Morgan fingerprint density at radius 1 is 1.24 bits per heavy atom. The summed E-state index contributed by atoms with van der Waals surface area (Å²) < 4.78 is 5.22. The molecule has 126 valence electrons. The molecule has 0 aliphatic rings. The van der Waals surface area contributed by atoms with E-state index in [-0.39, 0.29) is 24.2 Å². The van der Waals surface area contributed by atoms with Crippen molar-refractivity contribution in [2.45, 2.75) is 72.4 Å². The number of aliphatic hydroxyl groups excluding tert-OH is 1. The standard InChI is InChI=1S/C16H34N2O3/c1-7-16(8-2,12-19)11-17-10-9-13(3)18-14(20)21-15(4,5)6/h13,17,19H,7-12H2,1-6H3,(H,18,20). The van der Waals surface area contributed by atoms with Gasteiger partial charge in [0.1, 0.15) is 5.60 Å². The number of ether oxygens (including phenoxy) is 1. The Labute approximate surface area is 129 Å². The summed E-state index contributed by atoms with van der Waals surface area (Å²) in [5, 5.41) is 15.7. The van der Waals surface area contributed by atoms with Crippen molar-refractivity contribution in [3.05, 3.63) is 0 Å². The maximum absolute atomic E-state index is 11.6. The maximum atomic E-state index is 11.6. The number of carbonyl (C=O) groups is 1. The molecule has 0 fully saturated rings. The molecular weight excluding hydrogens is 268 g/mol. The largest absolute Gasteiger partial charge is 0.444 e. The smallest absolute Gasteiger partial charge is 0.407 e. The van der Waals surface area contributed by atoms with Crippen molar-refractivity contribution in [2.24, 2.45) is 5.41 Å². The highest BCUT2D eigenvalue weighted by atomic mass is 16.6. The first-order valence-electron chi connectivity index (χ1n) is 7.99. The van der Waals surface area contributed by atoms with E-state index in [1.165, 1.54) is 0 Å². The minimum absolute atomic E-state index is 0.0260. The lowest BCUT2D eigenvalue weighted by Gasteiger charge is -2.30. The van der Waals surface area contributed by atoms with Gasteiger partial charge in [0.2, 0.25) is 0 Å². The second kappa shape index (κ2) is 9.26. The van der Waals surface area contributed by atoms with Gasteiger partial charge >= 0.3 is 6.09 Å². The van der Waals surface area contributed by atoms with Crippen LogP contribution in [0.4, 0.5) is 4.79 Å². The summed E-state index contributed by atoms with van der Waals surface area (Å²) >= 11 is 0. The summed E-state index contributed by atoms with van der Waals surface area (Å²) in [7, 11) is 0. The van der Waals surface area contributed by atoms with Gasteiger partial charge in [-0.3, -0.25) is 0 Å². The molecule has 3 N–H and O–H groups in total. The van der Waals surface area contributed by atoms with Crippen molar-refractivity contribution >= 4 is 6.09 Å². The Morgan fingerprint density at radius 3 is 2.24 bits per heavy atom. The fourth-order valence-corrected chi connectivity index (χ4v) is 2.03. The molecule has 1 atom stereocenters. The Bertz CT molecular complexity index is 288. The van der Waals surface area contributed by atoms with Gasteiger partial charge in [-0.1, -0.05) is 13.8 Å². The van der Waals surface area contributed by atoms with E-state index >= 15 is 0 Å². The lowest BCUT2D eigenvalue weighted by atomic mass is 9.83. The third-order valence-electron chi connectivity index (χ3n) is 3.85. The van der Waals surface area contributed by atoms with Crippen molar-refractivity contribution in [3.63, 3.8) is 0 Å². The first kappa shape index (κ1) is 20.2. The second-order valence-corrected chi connectivity index (χ2v) is 6.88. The minimum atomic E-state index is -0.467. The maximum Gasteiger partial charge on any atom is 0.407 e. The molecule has 0 aromatic carbocycles. The molecule has 0 saturated heterocycles. The Kier molecular flexibility index (Phi) is 8.90. The lowest BCUT2D eigenvalue weighted by molar-refractivity contribution is 0.0506. The van der Waals surface area contributed by atoms with E-state index in [0.717, 1.165) is 32.4 Å². The molecular formula is C16H34N2O3. The number of carbonyl (C=O) groups excluding carboxylic acids is 1. The predicted molar refractivity (Wildman–Crippen MR) is 86.4 cm³/mol. The quantitative estimate of drug-likeness (QED) is 0.573. The molecule has 0 bridgehead atoms.